The van der Waals surface area contributed by atoms with Crippen LogP contribution in [-0.2, 0) is 13.0 Å². The Hall–Kier alpha value is -2.62. The molecule has 0 aliphatic carbocycles. The minimum absolute atomic E-state index is 0.364. The molecule has 0 amide bonds. The Morgan fingerprint density at radius 3 is 2.30 bits per heavy atom. The molecule has 1 N–H and O–H groups in total. The van der Waals surface area contributed by atoms with E-state index < -0.39 is 0 Å². The number of hydrogen-bond donors (Lipinski definition) is 1. The highest BCUT2D eigenvalue weighted by molar-refractivity contribution is 5.39. The molecule has 2 aliphatic heterocycles. The van der Waals surface area contributed by atoms with Crippen LogP contribution in [0.4, 0.5) is 0 Å². The molecule has 3 aromatic carbocycles. The molecule has 3 heteroatoms. The van der Waals surface area contributed by atoms with Gasteiger partial charge in [-0.25, -0.2) is 0 Å². The van der Waals surface area contributed by atoms with E-state index in [1.54, 1.807) is 7.11 Å². The summed E-state index contributed by atoms with van der Waals surface area (Å²) in [6, 6.07) is 29.8. The maximum Gasteiger partial charge on any atom is 0.123 e. The second kappa shape index (κ2) is 10.1. The Bertz CT molecular complexity index is 996. The van der Waals surface area contributed by atoms with Crippen LogP contribution in [0.2, 0.25) is 0 Å². The first kappa shape index (κ1) is 22.2. The average molecular weight is 441 g/mol. The van der Waals surface area contributed by atoms with Gasteiger partial charge < -0.3 is 10.1 Å². The van der Waals surface area contributed by atoms with Gasteiger partial charge in [0.2, 0.25) is 0 Å². The summed E-state index contributed by atoms with van der Waals surface area (Å²) in [5.74, 6) is 2.06. The molecule has 2 fully saturated rings. The van der Waals surface area contributed by atoms with Crippen LogP contribution in [0.5, 0.6) is 5.75 Å². The molecule has 3 nitrogen and oxygen atoms in total. The molecule has 5 rings (SSSR count). The Kier molecular flexibility index (Phi) is 6.80. The highest BCUT2D eigenvalue weighted by atomic mass is 16.5. The minimum atomic E-state index is 0.364. The smallest absolute Gasteiger partial charge is 0.123 e. The van der Waals surface area contributed by atoms with Gasteiger partial charge in [-0.1, -0.05) is 86.1 Å². The highest BCUT2D eigenvalue weighted by Gasteiger charge is 2.49. The van der Waals surface area contributed by atoms with Crippen LogP contribution in [0.3, 0.4) is 0 Å². The number of aryl methyl sites for hydroxylation is 1. The fraction of sp³-hybridized carbons (Fsp3) is 0.400. The van der Waals surface area contributed by atoms with E-state index >= 15 is 0 Å². The normalized spacial score (nSPS) is 23.8. The molecular formula is C30H36N2O. The second-order valence-corrected chi connectivity index (χ2v) is 9.64. The maximum absolute atomic E-state index is 5.72. The maximum atomic E-state index is 5.72. The first-order valence-corrected chi connectivity index (χ1v) is 12.5. The largest absolute Gasteiger partial charge is 0.496 e. The molecule has 33 heavy (non-hydrogen) atoms. The van der Waals surface area contributed by atoms with Crippen molar-refractivity contribution >= 4 is 0 Å². The van der Waals surface area contributed by atoms with Crippen molar-refractivity contribution in [2.75, 3.05) is 20.2 Å². The summed E-state index contributed by atoms with van der Waals surface area (Å²) in [7, 11) is 1.78. The molecule has 4 atom stereocenters. The predicted molar refractivity (Wildman–Crippen MR) is 136 cm³/mol. The number of ether oxygens (including phenoxy) is 1. The van der Waals surface area contributed by atoms with Gasteiger partial charge in [0.05, 0.1) is 7.11 Å². The summed E-state index contributed by atoms with van der Waals surface area (Å²) in [5, 5.41) is 4.02. The van der Waals surface area contributed by atoms with E-state index in [0.29, 0.717) is 23.9 Å². The summed E-state index contributed by atoms with van der Waals surface area (Å²) in [6.45, 7) is 5.50. The lowest BCUT2D eigenvalue weighted by molar-refractivity contribution is 0.197. The lowest BCUT2D eigenvalue weighted by Crippen LogP contribution is -2.50. The van der Waals surface area contributed by atoms with Gasteiger partial charge in [-0.2, -0.15) is 0 Å². The van der Waals surface area contributed by atoms with Crippen molar-refractivity contribution in [3.63, 3.8) is 0 Å². The SMILES string of the molecule is CCCc1ccc(OC)c(CNC2C3CCN(C3)C2C(c2ccccc2)c2ccccc2)c1. The van der Waals surface area contributed by atoms with Gasteiger partial charge in [0, 0.05) is 36.7 Å². The molecule has 2 saturated heterocycles. The van der Waals surface area contributed by atoms with Gasteiger partial charge >= 0.3 is 0 Å². The molecule has 0 aromatic heterocycles. The zero-order chi connectivity index (χ0) is 22.6. The Morgan fingerprint density at radius 1 is 0.970 bits per heavy atom. The number of nitrogens with zero attached hydrogens (tertiary/aromatic N) is 1. The summed E-state index contributed by atoms with van der Waals surface area (Å²) in [4.78, 5) is 2.73. The molecule has 172 valence electrons. The first-order chi connectivity index (χ1) is 16.3. The van der Waals surface area contributed by atoms with Crippen LogP contribution < -0.4 is 10.1 Å². The van der Waals surface area contributed by atoms with Crippen LogP contribution in [0.15, 0.2) is 78.9 Å². The van der Waals surface area contributed by atoms with Crippen LogP contribution in [-0.4, -0.2) is 37.2 Å². The number of nitrogens with one attached hydrogen (secondary N) is 1. The topological polar surface area (TPSA) is 24.5 Å². The van der Waals surface area contributed by atoms with Crippen molar-refractivity contribution in [1.82, 2.24) is 10.2 Å². The van der Waals surface area contributed by atoms with Gasteiger partial charge in [0.15, 0.2) is 0 Å². The van der Waals surface area contributed by atoms with Crippen LogP contribution >= 0.6 is 0 Å². The molecule has 0 radical (unpaired) electrons. The zero-order valence-corrected chi connectivity index (χ0v) is 19.9. The molecular weight excluding hydrogens is 404 g/mol. The Labute approximate surface area is 198 Å². The van der Waals surface area contributed by atoms with Gasteiger partial charge in [-0.15, -0.1) is 0 Å². The van der Waals surface area contributed by atoms with Crippen molar-refractivity contribution in [2.45, 2.75) is 50.7 Å². The molecule has 2 heterocycles. The standard InChI is InChI=1S/C30H36N2O/c1-3-10-22-15-16-27(33-2)26(19-22)20-31-29-25-17-18-32(21-25)30(29)28(23-11-6-4-7-12-23)24-13-8-5-9-14-24/h4-9,11-16,19,25,28-31H,3,10,17-18,20-21H2,1-2H3. The van der Waals surface area contributed by atoms with Gasteiger partial charge in [0.1, 0.15) is 5.75 Å². The zero-order valence-electron chi connectivity index (χ0n) is 19.9. The van der Waals surface area contributed by atoms with Crippen LogP contribution in [0.25, 0.3) is 0 Å². The summed E-state index contributed by atoms with van der Waals surface area (Å²) < 4.78 is 5.72. The van der Waals surface area contributed by atoms with Crippen LogP contribution in [0.1, 0.15) is 47.9 Å². The molecule has 4 unspecified atom stereocenters. The first-order valence-electron chi connectivity index (χ1n) is 12.5. The third-order valence-electron chi connectivity index (χ3n) is 7.62. The van der Waals surface area contributed by atoms with Crippen molar-refractivity contribution in [2.24, 2.45) is 5.92 Å². The molecule has 0 saturated carbocycles. The van der Waals surface area contributed by atoms with E-state index in [1.807, 2.05) is 0 Å². The predicted octanol–water partition coefficient (Wildman–Crippen LogP) is 5.64. The summed E-state index contributed by atoms with van der Waals surface area (Å²) >= 11 is 0. The van der Waals surface area contributed by atoms with E-state index in [4.69, 9.17) is 4.74 Å². The lowest BCUT2D eigenvalue weighted by atomic mass is 9.78. The fourth-order valence-corrected chi connectivity index (χ4v) is 6.14. The third-order valence-corrected chi connectivity index (χ3v) is 7.62. The quantitative estimate of drug-likeness (QED) is 0.466. The second-order valence-electron chi connectivity index (χ2n) is 9.64. The highest BCUT2D eigenvalue weighted by Crippen LogP contribution is 2.43. The molecule has 2 bridgehead atoms. The van der Waals surface area contributed by atoms with E-state index in [2.05, 4.69) is 96.0 Å². The minimum Gasteiger partial charge on any atom is -0.496 e. The fourth-order valence-electron chi connectivity index (χ4n) is 6.14. The van der Waals surface area contributed by atoms with Crippen molar-refractivity contribution in [3.05, 3.63) is 101 Å². The Morgan fingerprint density at radius 2 is 1.67 bits per heavy atom. The van der Waals surface area contributed by atoms with E-state index in [1.165, 1.54) is 41.8 Å². The number of rotatable bonds is 9. The van der Waals surface area contributed by atoms with Gasteiger partial charge in [-0.3, -0.25) is 4.90 Å². The number of fused-ring (bicyclic) bond motifs is 2. The van der Waals surface area contributed by atoms with Gasteiger partial charge in [0.25, 0.3) is 0 Å². The van der Waals surface area contributed by atoms with Crippen molar-refractivity contribution in [1.29, 1.82) is 0 Å². The van der Waals surface area contributed by atoms with E-state index in [0.717, 1.165) is 25.1 Å². The summed E-state index contributed by atoms with van der Waals surface area (Å²) in [5.41, 5.74) is 5.50. The number of piperidine rings is 1. The number of hydrogen-bond acceptors (Lipinski definition) is 3. The summed E-state index contributed by atoms with van der Waals surface area (Å²) in [6.07, 6.45) is 3.57. The number of benzene rings is 3. The number of methoxy groups -OCH3 is 1. The monoisotopic (exact) mass is 440 g/mol. The van der Waals surface area contributed by atoms with Crippen LogP contribution in [0, 0.1) is 5.92 Å². The average Bonchev–Trinajstić information content (AvgIpc) is 3.47. The van der Waals surface area contributed by atoms with E-state index in [9.17, 15) is 0 Å². The van der Waals surface area contributed by atoms with Crippen molar-refractivity contribution in [3.8, 4) is 5.75 Å². The van der Waals surface area contributed by atoms with Gasteiger partial charge in [-0.05, 0) is 48.1 Å². The molecule has 3 aromatic rings. The lowest BCUT2D eigenvalue weighted by Gasteiger charge is -2.39. The Balaban J connectivity index is 1.44. The molecule has 2 aliphatic rings. The molecule has 0 spiro atoms. The third kappa shape index (κ3) is 4.58. The van der Waals surface area contributed by atoms with E-state index in [-0.39, 0.29) is 0 Å². The van der Waals surface area contributed by atoms with Crippen molar-refractivity contribution < 1.29 is 4.74 Å².